The molecule has 1 aliphatic rings. The summed E-state index contributed by atoms with van der Waals surface area (Å²) in [4.78, 5) is 0. The Morgan fingerprint density at radius 1 is 0.905 bits per heavy atom. The maximum Gasteiger partial charge on any atom is 0.118 e. The van der Waals surface area contributed by atoms with Crippen molar-refractivity contribution in [1.82, 2.24) is 0 Å². The number of rotatable bonds is 2. The van der Waals surface area contributed by atoms with Gasteiger partial charge in [0, 0.05) is 0 Å². The van der Waals surface area contributed by atoms with Crippen molar-refractivity contribution in [3.63, 3.8) is 0 Å². The molecule has 1 nitrogen and oxygen atoms in total. The van der Waals surface area contributed by atoms with Crippen LogP contribution < -0.4 is 4.74 Å². The molecule has 0 heterocycles. The molecule has 102 valence electrons. The van der Waals surface area contributed by atoms with Gasteiger partial charge in [-0.15, -0.1) is 0 Å². The Morgan fingerprint density at radius 3 is 2.43 bits per heavy atom. The second-order valence-electron chi connectivity index (χ2n) is 5.44. The minimum atomic E-state index is 0.897. The number of hydrogen-bond acceptors (Lipinski definition) is 1. The molecule has 0 amide bonds. The first-order chi connectivity index (χ1) is 10.3. The molecule has 1 heteroatoms. The molecule has 3 aromatic rings. The molecule has 0 aliphatic heterocycles. The van der Waals surface area contributed by atoms with Crippen molar-refractivity contribution in [1.29, 1.82) is 0 Å². The highest BCUT2D eigenvalue weighted by Gasteiger charge is 2.17. The van der Waals surface area contributed by atoms with Crippen LogP contribution >= 0.6 is 0 Å². The topological polar surface area (TPSA) is 9.23 Å². The standard InChI is InChI=1S/C20H16O/c1-21-18-10-8-14(9-11-18)12-17-13-16-6-2-4-15-5-3-7-19(17)20(15)16/h2-12H,13H2,1H3/b17-12+. The molecule has 0 radical (unpaired) electrons. The van der Waals surface area contributed by atoms with E-state index in [-0.39, 0.29) is 0 Å². The number of ether oxygens (including phenoxy) is 1. The van der Waals surface area contributed by atoms with E-state index in [1.165, 1.54) is 33.0 Å². The summed E-state index contributed by atoms with van der Waals surface area (Å²) >= 11 is 0. The van der Waals surface area contributed by atoms with Crippen molar-refractivity contribution in [2.75, 3.05) is 7.11 Å². The lowest BCUT2D eigenvalue weighted by atomic mass is 10.0. The molecule has 0 fully saturated rings. The molecular formula is C20H16O. The zero-order chi connectivity index (χ0) is 14.2. The van der Waals surface area contributed by atoms with Gasteiger partial charge in [0.05, 0.1) is 7.11 Å². The Balaban J connectivity index is 1.81. The van der Waals surface area contributed by atoms with Gasteiger partial charge in [-0.05, 0) is 51.6 Å². The van der Waals surface area contributed by atoms with Crippen LogP contribution in [0.25, 0.3) is 22.4 Å². The summed E-state index contributed by atoms with van der Waals surface area (Å²) in [5, 5.41) is 2.75. The quantitative estimate of drug-likeness (QED) is 0.641. The van der Waals surface area contributed by atoms with E-state index in [1.54, 1.807) is 7.11 Å². The van der Waals surface area contributed by atoms with E-state index in [9.17, 15) is 0 Å². The van der Waals surface area contributed by atoms with Crippen molar-refractivity contribution in [2.24, 2.45) is 0 Å². The van der Waals surface area contributed by atoms with Gasteiger partial charge in [-0.25, -0.2) is 0 Å². The Kier molecular flexibility index (Phi) is 2.78. The molecule has 0 N–H and O–H groups in total. The van der Waals surface area contributed by atoms with E-state index >= 15 is 0 Å². The molecule has 3 aromatic carbocycles. The fourth-order valence-electron chi connectivity index (χ4n) is 3.16. The zero-order valence-electron chi connectivity index (χ0n) is 12.0. The van der Waals surface area contributed by atoms with E-state index < -0.39 is 0 Å². The normalized spacial score (nSPS) is 14.8. The first kappa shape index (κ1) is 12.2. The molecule has 0 bridgehead atoms. The summed E-state index contributed by atoms with van der Waals surface area (Å²) in [5.41, 5.74) is 5.42. The lowest BCUT2D eigenvalue weighted by Gasteiger charge is -2.03. The van der Waals surface area contributed by atoms with Crippen molar-refractivity contribution >= 4 is 22.4 Å². The average Bonchev–Trinajstić information content (AvgIpc) is 2.89. The zero-order valence-corrected chi connectivity index (χ0v) is 12.0. The van der Waals surface area contributed by atoms with Gasteiger partial charge >= 0.3 is 0 Å². The molecule has 1 aliphatic carbocycles. The lowest BCUT2D eigenvalue weighted by molar-refractivity contribution is 0.415. The fraction of sp³-hybridized carbons (Fsp3) is 0.100. The van der Waals surface area contributed by atoms with Crippen LogP contribution in [-0.2, 0) is 6.42 Å². The van der Waals surface area contributed by atoms with Gasteiger partial charge in [-0.1, -0.05) is 54.6 Å². The van der Waals surface area contributed by atoms with Gasteiger partial charge in [0.25, 0.3) is 0 Å². The second-order valence-corrected chi connectivity index (χ2v) is 5.44. The second kappa shape index (κ2) is 4.78. The highest BCUT2D eigenvalue weighted by atomic mass is 16.5. The van der Waals surface area contributed by atoms with Gasteiger partial charge in [0.15, 0.2) is 0 Å². The van der Waals surface area contributed by atoms with E-state index in [4.69, 9.17) is 4.74 Å². The monoisotopic (exact) mass is 272 g/mol. The third-order valence-corrected chi connectivity index (χ3v) is 4.17. The van der Waals surface area contributed by atoms with Crippen molar-refractivity contribution in [2.45, 2.75) is 6.42 Å². The molecule has 4 rings (SSSR count). The Bertz CT molecular complexity index is 836. The SMILES string of the molecule is COc1ccc(/C=C2\Cc3cccc4cccc2c34)cc1. The van der Waals surface area contributed by atoms with E-state index in [1.807, 2.05) is 12.1 Å². The third kappa shape index (κ3) is 2.02. The van der Waals surface area contributed by atoms with Crippen LogP contribution in [0.5, 0.6) is 5.75 Å². The highest BCUT2D eigenvalue weighted by molar-refractivity contribution is 6.04. The molecule has 0 aromatic heterocycles. The van der Waals surface area contributed by atoms with Crippen molar-refractivity contribution in [3.05, 3.63) is 77.4 Å². The van der Waals surface area contributed by atoms with E-state index in [0.717, 1.165) is 12.2 Å². The third-order valence-electron chi connectivity index (χ3n) is 4.17. The number of methoxy groups -OCH3 is 1. The first-order valence-corrected chi connectivity index (χ1v) is 7.21. The fourth-order valence-corrected chi connectivity index (χ4v) is 3.16. The number of hydrogen-bond donors (Lipinski definition) is 0. The van der Waals surface area contributed by atoms with Crippen LogP contribution in [-0.4, -0.2) is 7.11 Å². The Hall–Kier alpha value is -2.54. The number of allylic oxidation sites excluding steroid dienone is 1. The van der Waals surface area contributed by atoms with Gasteiger partial charge in [0.1, 0.15) is 5.75 Å². The largest absolute Gasteiger partial charge is 0.497 e. The summed E-state index contributed by atoms with van der Waals surface area (Å²) in [6.07, 6.45) is 3.30. The highest BCUT2D eigenvalue weighted by Crippen LogP contribution is 2.38. The van der Waals surface area contributed by atoms with Gasteiger partial charge in [0.2, 0.25) is 0 Å². The van der Waals surface area contributed by atoms with Crippen LogP contribution in [0, 0.1) is 0 Å². The minimum absolute atomic E-state index is 0.897. The summed E-state index contributed by atoms with van der Waals surface area (Å²) in [5.74, 6) is 0.897. The summed E-state index contributed by atoms with van der Waals surface area (Å²) < 4.78 is 5.22. The maximum atomic E-state index is 5.22. The van der Waals surface area contributed by atoms with Crippen LogP contribution in [0.2, 0.25) is 0 Å². The average molecular weight is 272 g/mol. The summed E-state index contributed by atoms with van der Waals surface area (Å²) in [6.45, 7) is 0. The van der Waals surface area contributed by atoms with E-state index in [2.05, 4.69) is 54.6 Å². The van der Waals surface area contributed by atoms with Crippen LogP contribution in [0.3, 0.4) is 0 Å². The maximum absolute atomic E-state index is 5.22. The van der Waals surface area contributed by atoms with Crippen LogP contribution in [0.15, 0.2) is 60.7 Å². The van der Waals surface area contributed by atoms with E-state index in [0.29, 0.717) is 0 Å². The van der Waals surface area contributed by atoms with Crippen LogP contribution in [0.4, 0.5) is 0 Å². The molecule has 0 unspecified atom stereocenters. The Morgan fingerprint density at radius 2 is 1.67 bits per heavy atom. The van der Waals surface area contributed by atoms with Crippen LogP contribution in [0.1, 0.15) is 16.7 Å². The first-order valence-electron chi connectivity index (χ1n) is 7.21. The van der Waals surface area contributed by atoms with Crippen molar-refractivity contribution < 1.29 is 4.74 Å². The predicted octanol–water partition coefficient (Wildman–Crippen LogP) is 4.95. The summed E-state index contributed by atoms with van der Waals surface area (Å²) in [6, 6.07) is 21.4. The summed E-state index contributed by atoms with van der Waals surface area (Å²) in [7, 11) is 1.70. The molecule has 0 saturated heterocycles. The molecule has 0 saturated carbocycles. The smallest absolute Gasteiger partial charge is 0.118 e. The minimum Gasteiger partial charge on any atom is -0.497 e. The molecule has 0 atom stereocenters. The lowest BCUT2D eigenvalue weighted by Crippen LogP contribution is -1.83. The van der Waals surface area contributed by atoms with Gasteiger partial charge < -0.3 is 4.74 Å². The number of benzene rings is 3. The molecule has 21 heavy (non-hydrogen) atoms. The van der Waals surface area contributed by atoms with Crippen molar-refractivity contribution in [3.8, 4) is 5.75 Å². The van der Waals surface area contributed by atoms with Gasteiger partial charge in [-0.3, -0.25) is 0 Å². The predicted molar refractivity (Wildman–Crippen MR) is 88.5 cm³/mol. The molecular weight excluding hydrogens is 256 g/mol. The molecule has 0 spiro atoms. The van der Waals surface area contributed by atoms with Gasteiger partial charge in [-0.2, -0.15) is 0 Å². The Labute approximate surface area is 124 Å².